The van der Waals surface area contributed by atoms with Crippen molar-refractivity contribution >= 4 is 5.69 Å². The van der Waals surface area contributed by atoms with Crippen molar-refractivity contribution < 1.29 is 4.39 Å². The molecular formula is C15H16FN. The van der Waals surface area contributed by atoms with Crippen LogP contribution in [0.4, 0.5) is 10.1 Å². The van der Waals surface area contributed by atoms with Gasteiger partial charge in [0.1, 0.15) is 5.82 Å². The van der Waals surface area contributed by atoms with Gasteiger partial charge in [-0.1, -0.05) is 37.6 Å². The maximum absolute atomic E-state index is 13.2. The van der Waals surface area contributed by atoms with Crippen molar-refractivity contribution in [2.45, 2.75) is 19.8 Å². The molecule has 0 bridgehead atoms. The zero-order valence-electron chi connectivity index (χ0n) is 9.91. The van der Waals surface area contributed by atoms with Crippen molar-refractivity contribution in [3.05, 3.63) is 53.8 Å². The van der Waals surface area contributed by atoms with Crippen LogP contribution in [-0.4, -0.2) is 0 Å². The third-order valence-electron chi connectivity index (χ3n) is 2.79. The minimum Gasteiger partial charge on any atom is -0.398 e. The van der Waals surface area contributed by atoms with Gasteiger partial charge in [0.05, 0.1) is 0 Å². The van der Waals surface area contributed by atoms with Crippen molar-refractivity contribution in [3.8, 4) is 11.1 Å². The maximum Gasteiger partial charge on any atom is 0.123 e. The fourth-order valence-electron chi connectivity index (χ4n) is 1.96. The Morgan fingerprint density at radius 3 is 2.71 bits per heavy atom. The van der Waals surface area contributed by atoms with E-state index in [1.165, 1.54) is 17.7 Å². The van der Waals surface area contributed by atoms with E-state index in [1.54, 1.807) is 6.07 Å². The van der Waals surface area contributed by atoms with Crippen LogP contribution in [0.5, 0.6) is 0 Å². The molecular weight excluding hydrogens is 213 g/mol. The van der Waals surface area contributed by atoms with Gasteiger partial charge in [0.25, 0.3) is 0 Å². The van der Waals surface area contributed by atoms with E-state index in [-0.39, 0.29) is 5.82 Å². The zero-order chi connectivity index (χ0) is 12.3. The first-order chi connectivity index (χ1) is 8.20. The Bertz CT molecular complexity index is 520. The predicted molar refractivity (Wildman–Crippen MR) is 70.2 cm³/mol. The third kappa shape index (κ3) is 2.64. The first-order valence-electron chi connectivity index (χ1n) is 5.85. The highest BCUT2D eigenvalue weighted by Gasteiger charge is 2.04. The van der Waals surface area contributed by atoms with E-state index in [2.05, 4.69) is 19.1 Å². The van der Waals surface area contributed by atoms with Gasteiger partial charge in [-0.2, -0.15) is 0 Å². The Morgan fingerprint density at radius 2 is 1.94 bits per heavy atom. The summed E-state index contributed by atoms with van der Waals surface area (Å²) in [4.78, 5) is 0. The molecule has 2 aromatic carbocycles. The summed E-state index contributed by atoms with van der Waals surface area (Å²) in [6.07, 6.45) is 2.13. The Morgan fingerprint density at radius 1 is 1.12 bits per heavy atom. The lowest BCUT2D eigenvalue weighted by Crippen LogP contribution is -1.92. The SMILES string of the molecule is CCCc1cccc(-c2cc(F)ccc2N)c1. The molecule has 88 valence electrons. The minimum absolute atomic E-state index is 0.255. The van der Waals surface area contributed by atoms with Crippen molar-refractivity contribution in [1.29, 1.82) is 0 Å². The van der Waals surface area contributed by atoms with Crippen molar-refractivity contribution in [2.75, 3.05) is 5.73 Å². The van der Waals surface area contributed by atoms with Gasteiger partial charge >= 0.3 is 0 Å². The number of benzene rings is 2. The lowest BCUT2D eigenvalue weighted by molar-refractivity contribution is 0.628. The van der Waals surface area contributed by atoms with E-state index in [1.807, 2.05) is 12.1 Å². The van der Waals surface area contributed by atoms with Crippen LogP contribution in [0.1, 0.15) is 18.9 Å². The molecule has 0 aliphatic carbocycles. The van der Waals surface area contributed by atoms with Crippen LogP contribution in [0, 0.1) is 5.82 Å². The molecule has 0 aromatic heterocycles. The summed E-state index contributed by atoms with van der Waals surface area (Å²) in [5, 5.41) is 0. The van der Waals surface area contributed by atoms with Gasteiger partial charge in [-0.15, -0.1) is 0 Å². The summed E-state index contributed by atoms with van der Waals surface area (Å²) in [7, 11) is 0. The summed E-state index contributed by atoms with van der Waals surface area (Å²) >= 11 is 0. The monoisotopic (exact) mass is 229 g/mol. The topological polar surface area (TPSA) is 26.0 Å². The molecule has 0 unspecified atom stereocenters. The fourth-order valence-corrected chi connectivity index (χ4v) is 1.96. The Balaban J connectivity index is 2.45. The Hall–Kier alpha value is -1.83. The van der Waals surface area contributed by atoms with Crippen molar-refractivity contribution in [3.63, 3.8) is 0 Å². The zero-order valence-corrected chi connectivity index (χ0v) is 9.91. The molecule has 0 aliphatic heterocycles. The summed E-state index contributed by atoms with van der Waals surface area (Å²) < 4.78 is 13.2. The first kappa shape index (κ1) is 11.6. The second-order valence-electron chi connectivity index (χ2n) is 4.18. The van der Waals surface area contributed by atoms with Crippen LogP contribution in [0.2, 0.25) is 0 Å². The number of anilines is 1. The summed E-state index contributed by atoms with van der Waals surface area (Å²) in [5.41, 5.74) is 9.49. The number of halogens is 1. The van der Waals surface area contributed by atoms with E-state index in [0.29, 0.717) is 5.69 Å². The summed E-state index contributed by atoms with van der Waals surface area (Å²) in [6.45, 7) is 2.14. The number of nitrogens with two attached hydrogens (primary N) is 1. The normalized spacial score (nSPS) is 10.5. The van der Waals surface area contributed by atoms with E-state index < -0.39 is 0 Å². The van der Waals surface area contributed by atoms with Crippen LogP contribution in [0.25, 0.3) is 11.1 Å². The molecule has 0 saturated heterocycles. The molecule has 0 saturated carbocycles. The van der Waals surface area contributed by atoms with Crippen LogP contribution in [-0.2, 0) is 6.42 Å². The molecule has 1 nitrogen and oxygen atoms in total. The first-order valence-corrected chi connectivity index (χ1v) is 5.85. The van der Waals surface area contributed by atoms with Gasteiger partial charge in [0.2, 0.25) is 0 Å². The van der Waals surface area contributed by atoms with Crippen LogP contribution < -0.4 is 5.73 Å². The van der Waals surface area contributed by atoms with Gasteiger partial charge < -0.3 is 5.73 Å². The lowest BCUT2D eigenvalue weighted by Gasteiger charge is -2.08. The van der Waals surface area contributed by atoms with Crippen LogP contribution >= 0.6 is 0 Å². The number of rotatable bonds is 3. The highest BCUT2D eigenvalue weighted by atomic mass is 19.1. The summed E-state index contributed by atoms with van der Waals surface area (Å²) in [5.74, 6) is -0.255. The van der Waals surface area contributed by atoms with Gasteiger partial charge in [0, 0.05) is 11.3 Å². The molecule has 0 spiro atoms. The molecule has 0 atom stereocenters. The van der Waals surface area contributed by atoms with E-state index >= 15 is 0 Å². The molecule has 2 N–H and O–H groups in total. The van der Waals surface area contributed by atoms with Gasteiger partial charge in [-0.3, -0.25) is 0 Å². The highest BCUT2D eigenvalue weighted by molar-refractivity contribution is 5.76. The molecule has 0 fully saturated rings. The Kier molecular flexibility index (Phi) is 3.43. The van der Waals surface area contributed by atoms with E-state index in [4.69, 9.17) is 5.73 Å². The van der Waals surface area contributed by atoms with E-state index in [0.717, 1.165) is 24.0 Å². The van der Waals surface area contributed by atoms with Crippen molar-refractivity contribution in [2.24, 2.45) is 0 Å². The molecule has 0 radical (unpaired) electrons. The fraction of sp³-hybridized carbons (Fsp3) is 0.200. The second-order valence-corrected chi connectivity index (χ2v) is 4.18. The Labute approximate surface area is 101 Å². The second kappa shape index (κ2) is 5.00. The molecule has 2 rings (SSSR count). The standard InChI is InChI=1S/C15H16FN/c1-2-4-11-5-3-6-12(9-11)14-10-13(16)7-8-15(14)17/h3,5-10H,2,4,17H2,1H3. The number of aryl methyl sites for hydroxylation is 1. The number of nitrogen functional groups attached to an aromatic ring is 1. The molecule has 2 aromatic rings. The average Bonchev–Trinajstić information content (AvgIpc) is 2.33. The molecule has 2 heteroatoms. The van der Waals surface area contributed by atoms with Crippen LogP contribution in [0.15, 0.2) is 42.5 Å². The van der Waals surface area contributed by atoms with Crippen LogP contribution in [0.3, 0.4) is 0 Å². The molecule has 0 amide bonds. The largest absolute Gasteiger partial charge is 0.398 e. The van der Waals surface area contributed by atoms with Crippen molar-refractivity contribution in [1.82, 2.24) is 0 Å². The predicted octanol–water partition coefficient (Wildman–Crippen LogP) is 4.03. The number of hydrogen-bond donors (Lipinski definition) is 1. The summed E-state index contributed by atoms with van der Waals surface area (Å²) in [6, 6.07) is 12.6. The number of hydrogen-bond acceptors (Lipinski definition) is 1. The smallest absolute Gasteiger partial charge is 0.123 e. The van der Waals surface area contributed by atoms with Gasteiger partial charge in [-0.25, -0.2) is 4.39 Å². The molecule has 17 heavy (non-hydrogen) atoms. The minimum atomic E-state index is -0.255. The van der Waals surface area contributed by atoms with E-state index in [9.17, 15) is 4.39 Å². The average molecular weight is 229 g/mol. The molecule has 0 heterocycles. The quantitative estimate of drug-likeness (QED) is 0.790. The lowest BCUT2D eigenvalue weighted by atomic mass is 10.00. The highest BCUT2D eigenvalue weighted by Crippen LogP contribution is 2.27. The molecule has 0 aliphatic rings. The van der Waals surface area contributed by atoms with Gasteiger partial charge in [0.15, 0.2) is 0 Å². The van der Waals surface area contributed by atoms with Gasteiger partial charge in [-0.05, 0) is 35.7 Å². The third-order valence-corrected chi connectivity index (χ3v) is 2.79. The maximum atomic E-state index is 13.2.